The Kier molecular flexibility index (Phi) is 8.72. The number of benzene rings is 2. The first-order chi connectivity index (χ1) is 15.4. The van der Waals surface area contributed by atoms with Gasteiger partial charge in [-0.1, -0.05) is 81.4 Å². The third kappa shape index (κ3) is 7.40. The number of hydrogen-bond acceptors (Lipinski definition) is 4. The van der Waals surface area contributed by atoms with Gasteiger partial charge in [0.1, 0.15) is 18.8 Å². The van der Waals surface area contributed by atoms with Gasteiger partial charge in [-0.3, -0.25) is 0 Å². The largest absolute Gasteiger partial charge is 0.461 e. The molecular formula is C27H35NO4. The summed E-state index contributed by atoms with van der Waals surface area (Å²) in [5, 5.41) is 2.73. The SMILES string of the molecule is CC(C)[C@@H]1C[C@@H](C)C[C@@H](OC(=O)C(Cc2ccccc2)NC(=O)OCc2ccccc2)C1. The van der Waals surface area contributed by atoms with E-state index in [2.05, 4.69) is 26.1 Å². The van der Waals surface area contributed by atoms with Crippen molar-refractivity contribution in [1.82, 2.24) is 5.32 Å². The van der Waals surface area contributed by atoms with E-state index in [-0.39, 0.29) is 12.7 Å². The summed E-state index contributed by atoms with van der Waals surface area (Å²) in [4.78, 5) is 25.6. The first-order valence-electron chi connectivity index (χ1n) is 11.6. The molecule has 172 valence electrons. The normalized spacial score (nSPS) is 21.6. The van der Waals surface area contributed by atoms with E-state index >= 15 is 0 Å². The van der Waals surface area contributed by atoms with Crippen molar-refractivity contribution < 1.29 is 19.1 Å². The van der Waals surface area contributed by atoms with Gasteiger partial charge in [-0.15, -0.1) is 0 Å². The molecule has 3 rings (SSSR count). The van der Waals surface area contributed by atoms with Gasteiger partial charge < -0.3 is 14.8 Å². The zero-order valence-electron chi connectivity index (χ0n) is 19.3. The van der Waals surface area contributed by atoms with E-state index in [0.29, 0.717) is 24.2 Å². The Morgan fingerprint density at radius 3 is 2.19 bits per heavy atom. The first-order valence-corrected chi connectivity index (χ1v) is 11.6. The molecule has 2 aromatic carbocycles. The van der Waals surface area contributed by atoms with E-state index < -0.39 is 18.1 Å². The van der Waals surface area contributed by atoms with Gasteiger partial charge in [0.25, 0.3) is 0 Å². The number of carbonyl (C=O) groups is 2. The summed E-state index contributed by atoms with van der Waals surface area (Å²) in [5.74, 6) is 1.23. The maximum Gasteiger partial charge on any atom is 0.408 e. The average molecular weight is 438 g/mol. The number of alkyl carbamates (subject to hydrolysis) is 1. The molecule has 1 aliphatic carbocycles. The zero-order valence-corrected chi connectivity index (χ0v) is 19.3. The number of hydrogen-bond donors (Lipinski definition) is 1. The highest BCUT2D eigenvalue weighted by Crippen LogP contribution is 2.35. The van der Waals surface area contributed by atoms with Crippen LogP contribution in [-0.4, -0.2) is 24.2 Å². The van der Waals surface area contributed by atoms with Crippen LogP contribution in [0.1, 0.15) is 51.2 Å². The van der Waals surface area contributed by atoms with E-state index in [1.54, 1.807) is 0 Å². The van der Waals surface area contributed by atoms with Crippen molar-refractivity contribution in [3.8, 4) is 0 Å². The third-order valence-electron chi connectivity index (χ3n) is 6.23. The summed E-state index contributed by atoms with van der Waals surface area (Å²) in [6.45, 7) is 6.82. The fraction of sp³-hybridized carbons (Fsp3) is 0.481. The molecule has 4 atom stereocenters. The van der Waals surface area contributed by atoms with E-state index in [1.165, 1.54) is 6.42 Å². The smallest absolute Gasteiger partial charge is 0.408 e. The van der Waals surface area contributed by atoms with Crippen molar-refractivity contribution in [3.05, 3.63) is 71.8 Å². The number of esters is 1. The van der Waals surface area contributed by atoms with Gasteiger partial charge in [0.2, 0.25) is 0 Å². The van der Waals surface area contributed by atoms with E-state index in [9.17, 15) is 9.59 Å². The molecule has 1 amide bonds. The van der Waals surface area contributed by atoms with Crippen molar-refractivity contribution >= 4 is 12.1 Å². The van der Waals surface area contributed by atoms with Crippen LogP contribution < -0.4 is 5.32 Å². The lowest BCUT2D eigenvalue weighted by atomic mass is 9.75. The second-order valence-electron chi connectivity index (χ2n) is 9.32. The average Bonchev–Trinajstić information content (AvgIpc) is 2.78. The quantitative estimate of drug-likeness (QED) is 0.552. The highest BCUT2D eigenvalue weighted by Gasteiger charge is 2.33. The monoisotopic (exact) mass is 437 g/mol. The molecule has 0 spiro atoms. The number of ether oxygens (including phenoxy) is 2. The molecule has 0 radical (unpaired) electrons. The van der Waals surface area contributed by atoms with Crippen LogP contribution in [0.5, 0.6) is 0 Å². The Morgan fingerprint density at radius 2 is 1.56 bits per heavy atom. The predicted octanol–water partition coefficient (Wildman–Crippen LogP) is 5.53. The highest BCUT2D eigenvalue weighted by atomic mass is 16.6. The maximum absolute atomic E-state index is 13.1. The summed E-state index contributed by atoms with van der Waals surface area (Å²) in [6.07, 6.45) is 2.54. The molecule has 1 saturated carbocycles. The molecule has 5 nitrogen and oxygen atoms in total. The molecule has 1 fully saturated rings. The molecule has 0 bridgehead atoms. The van der Waals surface area contributed by atoms with Crippen molar-refractivity contribution in [3.63, 3.8) is 0 Å². The van der Waals surface area contributed by atoms with E-state index in [1.807, 2.05) is 60.7 Å². The van der Waals surface area contributed by atoms with E-state index in [4.69, 9.17) is 9.47 Å². The summed E-state index contributed by atoms with van der Waals surface area (Å²) >= 11 is 0. The summed E-state index contributed by atoms with van der Waals surface area (Å²) in [6, 6.07) is 18.3. The molecule has 32 heavy (non-hydrogen) atoms. The number of carbonyl (C=O) groups excluding carboxylic acids is 2. The van der Waals surface area contributed by atoms with Gasteiger partial charge >= 0.3 is 12.1 Å². The molecule has 0 saturated heterocycles. The van der Waals surface area contributed by atoms with Crippen molar-refractivity contribution in [2.45, 2.75) is 65.2 Å². The minimum absolute atomic E-state index is 0.112. The Morgan fingerprint density at radius 1 is 0.938 bits per heavy atom. The number of amides is 1. The second-order valence-corrected chi connectivity index (χ2v) is 9.32. The van der Waals surface area contributed by atoms with Gasteiger partial charge in [0.05, 0.1) is 0 Å². The van der Waals surface area contributed by atoms with Gasteiger partial charge in [0, 0.05) is 6.42 Å². The minimum Gasteiger partial charge on any atom is -0.461 e. The summed E-state index contributed by atoms with van der Waals surface area (Å²) in [7, 11) is 0. The van der Waals surface area contributed by atoms with E-state index in [0.717, 1.165) is 24.0 Å². The zero-order chi connectivity index (χ0) is 22.9. The summed E-state index contributed by atoms with van der Waals surface area (Å²) < 4.78 is 11.3. The lowest BCUT2D eigenvalue weighted by Crippen LogP contribution is -2.45. The van der Waals surface area contributed by atoms with Crippen LogP contribution in [-0.2, 0) is 27.3 Å². The van der Waals surface area contributed by atoms with Gasteiger partial charge in [-0.05, 0) is 48.1 Å². The van der Waals surface area contributed by atoms with Crippen molar-refractivity contribution in [2.75, 3.05) is 0 Å². The summed E-state index contributed by atoms with van der Waals surface area (Å²) in [5.41, 5.74) is 1.84. The van der Waals surface area contributed by atoms with Crippen LogP contribution in [0.2, 0.25) is 0 Å². The molecule has 1 unspecified atom stereocenters. The Labute approximate surface area is 191 Å². The number of rotatable bonds is 8. The molecule has 2 aromatic rings. The van der Waals surface area contributed by atoms with Crippen LogP contribution >= 0.6 is 0 Å². The Bertz CT molecular complexity index is 852. The predicted molar refractivity (Wildman–Crippen MR) is 125 cm³/mol. The molecular weight excluding hydrogens is 402 g/mol. The molecule has 0 aliphatic heterocycles. The fourth-order valence-electron chi connectivity index (χ4n) is 4.43. The van der Waals surface area contributed by atoms with Crippen molar-refractivity contribution in [1.29, 1.82) is 0 Å². The second kappa shape index (κ2) is 11.7. The molecule has 1 N–H and O–H groups in total. The lowest BCUT2D eigenvalue weighted by molar-refractivity contribution is -0.155. The minimum atomic E-state index is -0.796. The molecule has 0 heterocycles. The van der Waals surface area contributed by atoms with Crippen LogP contribution in [0.15, 0.2) is 60.7 Å². The highest BCUT2D eigenvalue weighted by molar-refractivity contribution is 5.81. The molecule has 0 aromatic heterocycles. The molecule has 5 heteroatoms. The van der Waals surface area contributed by atoms with Crippen LogP contribution in [0.3, 0.4) is 0 Å². The van der Waals surface area contributed by atoms with Gasteiger partial charge in [-0.25, -0.2) is 9.59 Å². The standard InChI is InChI=1S/C27H35NO4/c1-19(2)23-14-20(3)15-24(17-23)32-26(29)25(16-21-10-6-4-7-11-21)28-27(30)31-18-22-12-8-5-9-13-22/h4-13,19-20,23-25H,14-18H2,1-3H3,(H,28,30)/t20-,23-,24-,25?/m1/s1. The Hall–Kier alpha value is -2.82. The topological polar surface area (TPSA) is 64.6 Å². The van der Waals surface area contributed by atoms with Gasteiger partial charge in [0.15, 0.2) is 0 Å². The van der Waals surface area contributed by atoms with Crippen LogP contribution in [0.4, 0.5) is 4.79 Å². The lowest BCUT2D eigenvalue weighted by Gasteiger charge is -2.35. The van der Waals surface area contributed by atoms with Crippen molar-refractivity contribution in [2.24, 2.45) is 17.8 Å². The Balaban J connectivity index is 1.63. The van der Waals surface area contributed by atoms with Crippen LogP contribution in [0.25, 0.3) is 0 Å². The molecule has 1 aliphatic rings. The first kappa shape index (κ1) is 23.8. The fourth-order valence-corrected chi connectivity index (χ4v) is 4.43. The van der Waals surface area contributed by atoms with Gasteiger partial charge in [-0.2, -0.15) is 0 Å². The maximum atomic E-state index is 13.1. The van der Waals surface area contributed by atoms with Crippen LogP contribution in [0, 0.1) is 17.8 Å². The number of nitrogens with one attached hydrogen (secondary N) is 1. The third-order valence-corrected chi connectivity index (χ3v) is 6.23.